The number of hydrogen-bond acceptors (Lipinski definition) is 2. The second-order valence-electron chi connectivity index (χ2n) is 5.35. The molecule has 0 radical (unpaired) electrons. The van der Waals surface area contributed by atoms with Gasteiger partial charge in [0.1, 0.15) is 0 Å². The monoisotopic (exact) mass is 244 g/mol. The predicted molar refractivity (Wildman–Crippen MR) is 73.6 cm³/mol. The van der Waals surface area contributed by atoms with Crippen LogP contribution in [0.1, 0.15) is 25.3 Å². The quantitative estimate of drug-likeness (QED) is 0.871. The first-order valence-corrected chi connectivity index (χ1v) is 6.67. The first kappa shape index (κ1) is 11.8. The van der Waals surface area contributed by atoms with E-state index in [1.165, 1.54) is 16.5 Å². The first-order valence-electron chi connectivity index (χ1n) is 6.67. The summed E-state index contributed by atoms with van der Waals surface area (Å²) < 4.78 is 6.16. The Morgan fingerprint density at radius 1 is 1.22 bits per heavy atom. The van der Waals surface area contributed by atoms with Crippen LogP contribution in [-0.4, -0.2) is 23.7 Å². The molecule has 1 aromatic heterocycles. The first-order chi connectivity index (χ1) is 8.77. The number of nitrogens with one attached hydrogen (secondary N) is 2. The molecule has 0 unspecified atom stereocenters. The zero-order chi connectivity index (χ0) is 12.4. The predicted octanol–water partition coefficient (Wildman–Crippen LogP) is 2.83. The van der Waals surface area contributed by atoms with Crippen molar-refractivity contribution in [2.45, 2.75) is 32.0 Å². The average Bonchev–Trinajstić information content (AvgIpc) is 2.81. The molecule has 18 heavy (non-hydrogen) atoms. The van der Waals surface area contributed by atoms with Gasteiger partial charge in [0, 0.05) is 22.7 Å². The maximum absolute atomic E-state index is 6.16. The van der Waals surface area contributed by atoms with Crippen LogP contribution in [0.2, 0.25) is 0 Å². The standard InChI is InChI=1S/C15H20N2O/c1-15(6-8-16-9-7-15)18-11-12-10-17-14-5-3-2-4-13(12)14/h2-5,10,16-17H,6-9,11H2,1H3. The third kappa shape index (κ3) is 2.28. The Kier molecular flexibility index (Phi) is 3.10. The van der Waals surface area contributed by atoms with E-state index in [0.29, 0.717) is 6.61 Å². The van der Waals surface area contributed by atoms with E-state index in [-0.39, 0.29) is 5.60 Å². The Morgan fingerprint density at radius 2 is 2.00 bits per heavy atom. The van der Waals surface area contributed by atoms with Crippen LogP contribution in [0.25, 0.3) is 10.9 Å². The molecule has 0 atom stereocenters. The van der Waals surface area contributed by atoms with Crippen LogP contribution in [0.3, 0.4) is 0 Å². The highest BCUT2D eigenvalue weighted by Gasteiger charge is 2.27. The van der Waals surface area contributed by atoms with Gasteiger partial charge in [-0.05, 0) is 38.9 Å². The molecule has 2 N–H and O–H groups in total. The van der Waals surface area contributed by atoms with Gasteiger partial charge >= 0.3 is 0 Å². The van der Waals surface area contributed by atoms with Crippen molar-refractivity contribution in [2.24, 2.45) is 0 Å². The van der Waals surface area contributed by atoms with Crippen LogP contribution in [0, 0.1) is 0 Å². The van der Waals surface area contributed by atoms with E-state index in [4.69, 9.17) is 4.74 Å². The van der Waals surface area contributed by atoms with Gasteiger partial charge in [0.15, 0.2) is 0 Å². The lowest BCUT2D eigenvalue weighted by molar-refractivity contribution is -0.0617. The van der Waals surface area contributed by atoms with Gasteiger partial charge in [0.25, 0.3) is 0 Å². The summed E-state index contributed by atoms with van der Waals surface area (Å²) in [6, 6.07) is 8.38. The minimum Gasteiger partial charge on any atom is -0.370 e. The lowest BCUT2D eigenvalue weighted by Gasteiger charge is -2.34. The van der Waals surface area contributed by atoms with Crippen LogP contribution >= 0.6 is 0 Å². The number of ether oxygens (including phenoxy) is 1. The minimum absolute atomic E-state index is 0.0314. The van der Waals surface area contributed by atoms with Gasteiger partial charge in [-0.2, -0.15) is 0 Å². The van der Waals surface area contributed by atoms with Crippen molar-refractivity contribution >= 4 is 10.9 Å². The van der Waals surface area contributed by atoms with E-state index < -0.39 is 0 Å². The fourth-order valence-electron chi connectivity index (χ4n) is 2.60. The molecule has 3 heteroatoms. The molecule has 1 aromatic carbocycles. The van der Waals surface area contributed by atoms with Gasteiger partial charge in [-0.3, -0.25) is 0 Å². The highest BCUT2D eigenvalue weighted by molar-refractivity contribution is 5.82. The summed E-state index contributed by atoms with van der Waals surface area (Å²) >= 11 is 0. The second-order valence-corrected chi connectivity index (χ2v) is 5.35. The zero-order valence-electron chi connectivity index (χ0n) is 10.8. The van der Waals surface area contributed by atoms with Gasteiger partial charge in [-0.1, -0.05) is 18.2 Å². The van der Waals surface area contributed by atoms with Gasteiger partial charge < -0.3 is 15.0 Å². The molecule has 0 saturated carbocycles. The van der Waals surface area contributed by atoms with Gasteiger partial charge in [-0.15, -0.1) is 0 Å². The SMILES string of the molecule is CC1(OCc2c[nH]c3ccccc23)CCNCC1. The molecule has 1 saturated heterocycles. The molecule has 1 aliphatic rings. The maximum Gasteiger partial charge on any atom is 0.0745 e. The third-order valence-electron chi connectivity index (χ3n) is 3.91. The maximum atomic E-state index is 6.16. The van der Waals surface area contributed by atoms with Crippen LogP contribution < -0.4 is 5.32 Å². The number of aromatic nitrogens is 1. The molecule has 96 valence electrons. The van der Waals surface area contributed by atoms with Crippen molar-refractivity contribution in [2.75, 3.05) is 13.1 Å². The Morgan fingerprint density at radius 3 is 2.83 bits per heavy atom. The topological polar surface area (TPSA) is 37.0 Å². The lowest BCUT2D eigenvalue weighted by Crippen LogP contribution is -2.41. The lowest BCUT2D eigenvalue weighted by atomic mass is 9.94. The third-order valence-corrected chi connectivity index (χ3v) is 3.91. The normalized spacial score (nSPS) is 19.2. The molecule has 3 rings (SSSR count). The van der Waals surface area contributed by atoms with E-state index in [0.717, 1.165) is 25.9 Å². The number of hydrogen-bond donors (Lipinski definition) is 2. The van der Waals surface area contributed by atoms with Crippen molar-refractivity contribution in [3.63, 3.8) is 0 Å². The van der Waals surface area contributed by atoms with Gasteiger partial charge in [0.05, 0.1) is 12.2 Å². The fourth-order valence-corrected chi connectivity index (χ4v) is 2.60. The molecule has 3 nitrogen and oxygen atoms in total. The smallest absolute Gasteiger partial charge is 0.0745 e. The van der Waals surface area contributed by atoms with E-state index >= 15 is 0 Å². The molecule has 0 amide bonds. The summed E-state index contributed by atoms with van der Waals surface area (Å²) in [7, 11) is 0. The number of aromatic amines is 1. The highest BCUT2D eigenvalue weighted by atomic mass is 16.5. The molecular weight excluding hydrogens is 224 g/mol. The summed E-state index contributed by atoms with van der Waals surface area (Å²) in [6.45, 7) is 5.04. The largest absolute Gasteiger partial charge is 0.370 e. The molecule has 1 aliphatic heterocycles. The summed E-state index contributed by atoms with van der Waals surface area (Å²) in [6.07, 6.45) is 4.25. The van der Waals surface area contributed by atoms with Crippen LogP contribution in [0.5, 0.6) is 0 Å². The van der Waals surface area contributed by atoms with Crippen LogP contribution in [0.4, 0.5) is 0 Å². The Labute approximate surface area is 108 Å². The zero-order valence-corrected chi connectivity index (χ0v) is 10.8. The summed E-state index contributed by atoms with van der Waals surface area (Å²) in [5, 5.41) is 4.65. The molecule has 0 spiro atoms. The Bertz CT molecular complexity index is 526. The van der Waals surface area contributed by atoms with Crippen molar-refractivity contribution in [3.8, 4) is 0 Å². The molecule has 0 aliphatic carbocycles. The minimum atomic E-state index is 0.0314. The highest BCUT2D eigenvalue weighted by Crippen LogP contribution is 2.26. The second kappa shape index (κ2) is 4.75. The van der Waals surface area contributed by atoms with Crippen LogP contribution in [0.15, 0.2) is 30.5 Å². The Hall–Kier alpha value is -1.32. The van der Waals surface area contributed by atoms with E-state index in [1.807, 2.05) is 0 Å². The van der Waals surface area contributed by atoms with E-state index in [2.05, 4.69) is 47.7 Å². The fraction of sp³-hybridized carbons (Fsp3) is 0.467. The van der Waals surface area contributed by atoms with E-state index in [1.54, 1.807) is 0 Å². The number of rotatable bonds is 3. The number of para-hydroxylation sites is 1. The molecule has 1 fully saturated rings. The number of benzene rings is 1. The van der Waals surface area contributed by atoms with Crippen LogP contribution in [-0.2, 0) is 11.3 Å². The summed E-state index contributed by atoms with van der Waals surface area (Å²) in [4.78, 5) is 3.30. The summed E-state index contributed by atoms with van der Waals surface area (Å²) in [5.74, 6) is 0. The number of fused-ring (bicyclic) bond motifs is 1. The molecule has 0 bridgehead atoms. The van der Waals surface area contributed by atoms with Gasteiger partial charge in [0.2, 0.25) is 0 Å². The summed E-state index contributed by atoms with van der Waals surface area (Å²) in [5.41, 5.74) is 2.47. The molecule has 2 heterocycles. The number of piperidine rings is 1. The van der Waals surface area contributed by atoms with Crippen molar-refractivity contribution in [1.29, 1.82) is 0 Å². The Balaban J connectivity index is 1.73. The van der Waals surface area contributed by atoms with Crippen molar-refractivity contribution < 1.29 is 4.74 Å². The molecule has 2 aromatic rings. The van der Waals surface area contributed by atoms with Gasteiger partial charge in [-0.25, -0.2) is 0 Å². The molecular formula is C15H20N2O. The van der Waals surface area contributed by atoms with E-state index in [9.17, 15) is 0 Å². The van der Waals surface area contributed by atoms with Crippen molar-refractivity contribution in [1.82, 2.24) is 10.3 Å². The van der Waals surface area contributed by atoms with Crippen molar-refractivity contribution in [3.05, 3.63) is 36.0 Å². The number of H-pyrrole nitrogens is 1. The average molecular weight is 244 g/mol.